The van der Waals surface area contributed by atoms with Crippen LogP contribution in [0, 0.1) is 0 Å². The molecule has 1 N–H and O–H groups in total. The average Bonchev–Trinajstić information content (AvgIpc) is 3.21. The Morgan fingerprint density at radius 3 is 2.74 bits per heavy atom. The van der Waals surface area contributed by atoms with Gasteiger partial charge in [-0.3, -0.25) is 9.36 Å². The third-order valence-corrected chi connectivity index (χ3v) is 4.91. The highest BCUT2D eigenvalue weighted by molar-refractivity contribution is 9.10. The highest BCUT2D eigenvalue weighted by Gasteiger charge is 2.14. The average molecular weight is 427 g/mol. The molecular weight excluding hydrogens is 412 g/mol. The minimum atomic E-state index is -0.562. The van der Waals surface area contributed by atoms with Crippen molar-refractivity contribution < 1.29 is 9.21 Å². The van der Waals surface area contributed by atoms with Gasteiger partial charge in [-0.25, -0.2) is 9.48 Å². The molecule has 7 nitrogen and oxygen atoms in total. The summed E-state index contributed by atoms with van der Waals surface area (Å²) < 4.78 is 9.12. The van der Waals surface area contributed by atoms with Gasteiger partial charge < -0.3 is 9.73 Å². The molecule has 0 unspecified atom stereocenters. The Labute approximate surface area is 162 Å². The maximum Gasteiger partial charge on any atom is 0.420 e. The second kappa shape index (κ2) is 7.24. The molecule has 0 saturated heterocycles. The maximum absolute atomic E-state index is 12.5. The molecule has 8 heteroatoms. The fourth-order valence-electron chi connectivity index (χ4n) is 2.84. The normalized spacial score (nSPS) is 11.0. The second-order valence-corrected chi connectivity index (χ2v) is 6.79. The van der Waals surface area contributed by atoms with Gasteiger partial charge in [0.15, 0.2) is 5.58 Å². The van der Waals surface area contributed by atoms with Crippen LogP contribution in [-0.2, 0) is 17.9 Å². The van der Waals surface area contributed by atoms with Crippen LogP contribution >= 0.6 is 15.9 Å². The van der Waals surface area contributed by atoms with Crippen LogP contribution in [0.4, 0.5) is 5.82 Å². The molecule has 2 aromatic carbocycles. The van der Waals surface area contributed by atoms with Gasteiger partial charge in [0.1, 0.15) is 12.4 Å². The molecule has 0 aliphatic rings. The summed E-state index contributed by atoms with van der Waals surface area (Å²) in [5.41, 5.74) is 2.07. The first-order chi connectivity index (χ1) is 13.1. The van der Waals surface area contributed by atoms with Crippen molar-refractivity contribution in [3.05, 3.63) is 81.4 Å². The Kier molecular flexibility index (Phi) is 4.64. The van der Waals surface area contributed by atoms with Crippen molar-refractivity contribution >= 4 is 38.8 Å². The minimum Gasteiger partial charge on any atom is -0.408 e. The van der Waals surface area contributed by atoms with Crippen LogP contribution in [0.2, 0.25) is 0 Å². The van der Waals surface area contributed by atoms with Gasteiger partial charge in [-0.05, 0) is 23.8 Å². The molecule has 0 fully saturated rings. The maximum atomic E-state index is 12.5. The Bertz CT molecular complexity index is 1170. The van der Waals surface area contributed by atoms with E-state index in [-0.39, 0.29) is 12.5 Å². The largest absolute Gasteiger partial charge is 0.420 e. The van der Waals surface area contributed by atoms with Crippen molar-refractivity contribution in [1.82, 2.24) is 14.3 Å². The van der Waals surface area contributed by atoms with Crippen molar-refractivity contribution in [3.63, 3.8) is 0 Å². The highest BCUT2D eigenvalue weighted by Crippen LogP contribution is 2.19. The van der Waals surface area contributed by atoms with E-state index < -0.39 is 5.76 Å². The monoisotopic (exact) mass is 426 g/mol. The number of fused-ring (bicyclic) bond motifs is 1. The van der Waals surface area contributed by atoms with Gasteiger partial charge in [-0.2, -0.15) is 5.10 Å². The zero-order valence-electron chi connectivity index (χ0n) is 14.1. The number of aromatic nitrogens is 3. The molecule has 1 amide bonds. The molecule has 2 aromatic heterocycles. The van der Waals surface area contributed by atoms with Crippen molar-refractivity contribution in [3.8, 4) is 0 Å². The lowest BCUT2D eigenvalue weighted by atomic mass is 10.2. The van der Waals surface area contributed by atoms with E-state index in [1.807, 2.05) is 24.3 Å². The first kappa shape index (κ1) is 17.3. The lowest BCUT2D eigenvalue weighted by molar-refractivity contribution is -0.116. The molecule has 0 aliphatic carbocycles. The standard InChI is InChI=1S/C19H15BrN4O3/c20-14-6-2-1-5-13(14)11-24-17(9-10-21-24)22-18(25)12-23-15-7-3-4-8-16(15)27-19(23)26/h1-10H,11-12H2,(H,22,25). The number of hydrogen-bond donors (Lipinski definition) is 1. The van der Waals surface area contributed by atoms with Crippen LogP contribution in [0.15, 0.2) is 74.5 Å². The van der Waals surface area contributed by atoms with E-state index in [0.717, 1.165) is 10.0 Å². The smallest absolute Gasteiger partial charge is 0.408 e. The predicted molar refractivity (Wildman–Crippen MR) is 105 cm³/mol. The van der Waals surface area contributed by atoms with Crippen LogP contribution in [0.3, 0.4) is 0 Å². The summed E-state index contributed by atoms with van der Waals surface area (Å²) in [6, 6.07) is 16.5. The number of nitrogens with zero attached hydrogens (tertiary/aromatic N) is 3. The summed E-state index contributed by atoms with van der Waals surface area (Å²) in [6.45, 7) is 0.356. The highest BCUT2D eigenvalue weighted by atomic mass is 79.9. The van der Waals surface area contributed by atoms with Gasteiger partial charge in [0.05, 0.1) is 18.3 Å². The van der Waals surface area contributed by atoms with Crippen molar-refractivity contribution in [2.45, 2.75) is 13.1 Å². The van der Waals surface area contributed by atoms with E-state index >= 15 is 0 Å². The van der Waals surface area contributed by atoms with Gasteiger partial charge in [-0.15, -0.1) is 0 Å². The topological polar surface area (TPSA) is 82.1 Å². The fourth-order valence-corrected chi connectivity index (χ4v) is 3.25. The Balaban J connectivity index is 1.52. The number of carbonyl (C=O) groups excluding carboxylic acids is 1. The van der Waals surface area contributed by atoms with Gasteiger partial charge in [0.25, 0.3) is 0 Å². The van der Waals surface area contributed by atoms with Crippen LogP contribution < -0.4 is 11.1 Å². The summed E-state index contributed by atoms with van der Waals surface area (Å²) in [7, 11) is 0. The van der Waals surface area contributed by atoms with Crippen LogP contribution in [-0.4, -0.2) is 20.3 Å². The number of oxazole rings is 1. The molecule has 0 radical (unpaired) electrons. The van der Waals surface area contributed by atoms with Crippen LogP contribution in [0.5, 0.6) is 0 Å². The number of halogens is 1. The third kappa shape index (κ3) is 3.56. The lowest BCUT2D eigenvalue weighted by Crippen LogP contribution is -2.25. The van der Waals surface area contributed by atoms with Gasteiger partial charge in [0.2, 0.25) is 5.91 Å². The molecule has 0 aliphatic heterocycles. The van der Waals surface area contributed by atoms with E-state index in [1.54, 1.807) is 41.2 Å². The number of hydrogen-bond acceptors (Lipinski definition) is 4. The quantitative estimate of drug-likeness (QED) is 0.530. The number of anilines is 1. The summed E-state index contributed by atoms with van der Waals surface area (Å²) in [6.07, 6.45) is 1.62. The zero-order chi connectivity index (χ0) is 18.8. The summed E-state index contributed by atoms with van der Waals surface area (Å²) in [5, 5.41) is 7.07. The first-order valence-electron chi connectivity index (χ1n) is 8.25. The fraction of sp³-hybridized carbons (Fsp3) is 0.105. The van der Waals surface area contributed by atoms with E-state index in [0.29, 0.717) is 23.5 Å². The van der Waals surface area contributed by atoms with E-state index in [4.69, 9.17) is 4.42 Å². The zero-order valence-corrected chi connectivity index (χ0v) is 15.7. The van der Waals surface area contributed by atoms with Crippen molar-refractivity contribution in [2.24, 2.45) is 0 Å². The molecule has 0 bridgehead atoms. The Morgan fingerprint density at radius 1 is 1.11 bits per heavy atom. The lowest BCUT2D eigenvalue weighted by Gasteiger charge is -2.10. The van der Waals surface area contributed by atoms with Crippen molar-refractivity contribution in [1.29, 1.82) is 0 Å². The van der Waals surface area contributed by atoms with Gasteiger partial charge >= 0.3 is 5.76 Å². The Morgan fingerprint density at radius 2 is 1.89 bits per heavy atom. The van der Waals surface area contributed by atoms with Crippen LogP contribution in [0.25, 0.3) is 11.1 Å². The molecule has 0 saturated carbocycles. The number of nitrogens with one attached hydrogen (secondary N) is 1. The minimum absolute atomic E-state index is 0.143. The molecule has 2 heterocycles. The van der Waals surface area contributed by atoms with E-state index in [1.165, 1.54) is 4.57 Å². The van der Waals surface area contributed by atoms with E-state index in [9.17, 15) is 9.59 Å². The van der Waals surface area contributed by atoms with Crippen molar-refractivity contribution in [2.75, 3.05) is 5.32 Å². The number of benzene rings is 2. The Hall–Kier alpha value is -3.13. The molecule has 4 rings (SSSR count). The second-order valence-electron chi connectivity index (χ2n) is 5.94. The van der Waals surface area contributed by atoms with E-state index in [2.05, 4.69) is 26.3 Å². The molecule has 27 heavy (non-hydrogen) atoms. The number of carbonyl (C=O) groups is 1. The molecule has 4 aromatic rings. The van der Waals surface area contributed by atoms with Crippen LogP contribution in [0.1, 0.15) is 5.56 Å². The molecule has 0 spiro atoms. The van der Waals surface area contributed by atoms with Gasteiger partial charge in [-0.1, -0.05) is 46.3 Å². The summed E-state index contributed by atoms with van der Waals surface area (Å²) in [5.74, 6) is -0.345. The summed E-state index contributed by atoms with van der Waals surface area (Å²) >= 11 is 3.51. The SMILES string of the molecule is O=C(Cn1c(=O)oc2ccccc21)Nc1ccnn1Cc1ccccc1Br. The predicted octanol–water partition coefficient (Wildman–Crippen LogP) is 3.24. The molecule has 0 atom stereocenters. The number of para-hydroxylation sites is 2. The third-order valence-electron chi connectivity index (χ3n) is 4.14. The first-order valence-corrected chi connectivity index (χ1v) is 9.04. The number of rotatable bonds is 5. The van der Waals surface area contributed by atoms with Gasteiger partial charge in [0, 0.05) is 10.5 Å². The summed E-state index contributed by atoms with van der Waals surface area (Å²) in [4.78, 5) is 24.5. The molecule has 136 valence electrons. The molecular formula is C19H15BrN4O3. The number of amides is 1.